The summed E-state index contributed by atoms with van der Waals surface area (Å²) in [6, 6.07) is 4.79. The third-order valence-electron chi connectivity index (χ3n) is 9.38. The minimum absolute atomic E-state index is 0.00629. The molecule has 3 fully saturated rings. The molecule has 5 rings (SSSR count). The Morgan fingerprint density at radius 2 is 1.72 bits per heavy atom. The number of aliphatic hydroxyl groups excluding tert-OH is 1. The molecule has 8 nitrogen and oxygen atoms in total. The molecule has 3 aliphatic carbocycles. The van der Waals surface area contributed by atoms with Crippen molar-refractivity contribution in [3.63, 3.8) is 0 Å². The van der Waals surface area contributed by atoms with E-state index < -0.39 is 66.9 Å². The normalized spacial score (nSPS) is 28.6. The molecular formula is C30H34ClF3N2O6S. The van der Waals surface area contributed by atoms with Crippen LogP contribution in [0.1, 0.15) is 63.2 Å². The van der Waals surface area contributed by atoms with Crippen molar-refractivity contribution < 1.29 is 41.4 Å². The maximum atomic E-state index is 13.9. The Bertz CT molecular complexity index is 1580. The summed E-state index contributed by atoms with van der Waals surface area (Å²) in [7, 11) is -4.11. The molecule has 2 bridgehead atoms. The SMILES string of the molecule is CC(C)(C)C(=O)NCC(O)C[C@@]1(O)C2CC3CC31CC(S(=O)(=O)c1cc(C(=O)Nc3cc(F)c(F)c(F)c3)ccc1Cl)C2. The number of hydrogen-bond acceptors (Lipinski definition) is 6. The number of halogens is 4. The van der Waals surface area contributed by atoms with Crippen LogP contribution < -0.4 is 10.6 Å². The lowest BCUT2D eigenvalue weighted by molar-refractivity contribution is -0.130. The molecule has 2 aromatic rings. The number of hydrogen-bond donors (Lipinski definition) is 4. The topological polar surface area (TPSA) is 133 Å². The van der Waals surface area contributed by atoms with Crippen molar-refractivity contribution in [2.75, 3.05) is 11.9 Å². The van der Waals surface area contributed by atoms with Gasteiger partial charge in [-0.1, -0.05) is 32.4 Å². The summed E-state index contributed by atoms with van der Waals surface area (Å²) in [6.07, 6.45) is 0.495. The highest BCUT2D eigenvalue weighted by molar-refractivity contribution is 7.92. The Kier molecular flexibility index (Phi) is 7.93. The van der Waals surface area contributed by atoms with Gasteiger partial charge < -0.3 is 20.8 Å². The average Bonchev–Trinajstić information content (AvgIpc) is 3.58. The Morgan fingerprint density at radius 3 is 2.33 bits per heavy atom. The van der Waals surface area contributed by atoms with E-state index in [1.165, 1.54) is 12.1 Å². The van der Waals surface area contributed by atoms with E-state index in [4.69, 9.17) is 11.6 Å². The summed E-state index contributed by atoms with van der Waals surface area (Å²) < 4.78 is 68.3. The number of carbonyl (C=O) groups is 2. The summed E-state index contributed by atoms with van der Waals surface area (Å²) in [5.41, 5.74) is -3.13. The van der Waals surface area contributed by atoms with E-state index >= 15 is 0 Å². The van der Waals surface area contributed by atoms with Crippen LogP contribution in [0.15, 0.2) is 35.2 Å². The first-order valence-corrected chi connectivity index (χ1v) is 16.0. The molecule has 4 N–H and O–H groups in total. The molecule has 1 spiro atoms. The second-order valence-electron chi connectivity index (χ2n) is 13.2. The van der Waals surface area contributed by atoms with Gasteiger partial charge in [-0.15, -0.1) is 0 Å². The number of aliphatic hydroxyl groups is 2. The molecular weight excluding hydrogens is 609 g/mol. The van der Waals surface area contributed by atoms with Gasteiger partial charge >= 0.3 is 0 Å². The zero-order valence-corrected chi connectivity index (χ0v) is 25.5. The van der Waals surface area contributed by atoms with Crippen molar-refractivity contribution in [2.24, 2.45) is 22.7 Å². The average molecular weight is 643 g/mol. The molecule has 0 saturated heterocycles. The first-order valence-electron chi connectivity index (χ1n) is 14.1. The molecule has 0 aromatic heterocycles. The number of fused-ring (bicyclic) bond motifs is 1. The van der Waals surface area contributed by atoms with Crippen molar-refractivity contribution in [1.82, 2.24) is 5.32 Å². The number of anilines is 1. The molecule has 0 radical (unpaired) electrons. The van der Waals surface area contributed by atoms with Crippen LogP contribution in [0.2, 0.25) is 5.02 Å². The van der Waals surface area contributed by atoms with Gasteiger partial charge in [-0.05, 0) is 55.7 Å². The fourth-order valence-corrected chi connectivity index (χ4v) is 9.51. The molecule has 3 aliphatic rings. The smallest absolute Gasteiger partial charge is 0.255 e. The lowest BCUT2D eigenvalue weighted by Gasteiger charge is -2.46. The molecule has 5 unspecified atom stereocenters. The van der Waals surface area contributed by atoms with E-state index in [9.17, 15) is 41.4 Å². The Morgan fingerprint density at radius 1 is 1.07 bits per heavy atom. The van der Waals surface area contributed by atoms with Gasteiger partial charge in [0.05, 0.1) is 26.9 Å². The standard InChI is InChI=1S/C30H34ClF3N2O6S/c1-28(2,3)27(39)35-14-19(37)12-30(40)16-7-17-11-29(17,30)13-20(8-16)43(41,42)24-6-15(4-5-21(24)31)26(38)36-18-9-22(32)25(34)23(33)10-18/h4-6,9-10,16-17,19-20,37,40H,7-8,11-14H2,1-3H3,(H,35,39)(H,36,38)/t16?,17?,19?,20?,29?,30-/m1/s1. The predicted octanol–water partition coefficient (Wildman–Crippen LogP) is 4.62. The van der Waals surface area contributed by atoms with E-state index in [1.54, 1.807) is 20.8 Å². The van der Waals surface area contributed by atoms with Crippen LogP contribution in [0.3, 0.4) is 0 Å². The second-order valence-corrected chi connectivity index (χ2v) is 15.8. The van der Waals surface area contributed by atoms with Crippen molar-refractivity contribution >= 4 is 38.9 Å². The van der Waals surface area contributed by atoms with Crippen LogP contribution in [0.25, 0.3) is 0 Å². The van der Waals surface area contributed by atoms with Gasteiger partial charge in [-0.25, -0.2) is 21.6 Å². The number of rotatable bonds is 8. The van der Waals surface area contributed by atoms with Crippen LogP contribution in [-0.4, -0.2) is 53.9 Å². The number of amides is 2. The van der Waals surface area contributed by atoms with Gasteiger partial charge in [0.1, 0.15) is 0 Å². The van der Waals surface area contributed by atoms with Crippen molar-refractivity contribution in [3.05, 3.63) is 58.4 Å². The third-order valence-corrected chi connectivity index (χ3v) is 12.0. The van der Waals surface area contributed by atoms with Gasteiger partial charge in [0, 0.05) is 47.2 Å². The molecule has 0 aliphatic heterocycles. The highest BCUT2D eigenvalue weighted by Gasteiger charge is 2.76. The molecule has 13 heteroatoms. The van der Waals surface area contributed by atoms with Crippen molar-refractivity contribution in [3.8, 4) is 0 Å². The fraction of sp³-hybridized carbons (Fsp3) is 0.533. The lowest BCUT2D eigenvalue weighted by atomic mass is 9.67. The van der Waals surface area contributed by atoms with Gasteiger partial charge in [0.15, 0.2) is 27.3 Å². The van der Waals surface area contributed by atoms with Crippen molar-refractivity contribution in [2.45, 2.75) is 74.7 Å². The van der Waals surface area contributed by atoms with E-state index in [1.807, 2.05) is 0 Å². The molecule has 2 amide bonds. The lowest BCUT2D eigenvalue weighted by Crippen LogP contribution is -2.54. The highest BCUT2D eigenvalue weighted by Crippen LogP contribution is 2.77. The summed E-state index contributed by atoms with van der Waals surface area (Å²) in [6.45, 7) is 5.22. The highest BCUT2D eigenvalue weighted by atomic mass is 35.5. The maximum Gasteiger partial charge on any atom is 0.255 e. The van der Waals surface area contributed by atoms with E-state index in [2.05, 4.69) is 10.6 Å². The van der Waals surface area contributed by atoms with E-state index in [-0.39, 0.29) is 58.8 Å². The first kappa shape index (κ1) is 31.7. The monoisotopic (exact) mass is 642 g/mol. The number of benzene rings is 2. The van der Waals surface area contributed by atoms with Gasteiger partial charge in [0.25, 0.3) is 5.91 Å². The molecule has 43 heavy (non-hydrogen) atoms. The molecule has 6 atom stereocenters. The fourth-order valence-electron chi connectivity index (χ4n) is 7.08. The van der Waals surface area contributed by atoms with E-state index in [0.717, 1.165) is 6.07 Å². The van der Waals surface area contributed by atoms with Gasteiger partial charge in [-0.3, -0.25) is 9.59 Å². The predicted molar refractivity (Wildman–Crippen MR) is 153 cm³/mol. The van der Waals surface area contributed by atoms with Crippen LogP contribution in [0, 0.1) is 40.1 Å². The molecule has 0 heterocycles. The first-order chi connectivity index (χ1) is 19.9. The third kappa shape index (κ3) is 5.55. The summed E-state index contributed by atoms with van der Waals surface area (Å²) in [5.74, 6) is -6.09. The zero-order valence-electron chi connectivity index (χ0n) is 23.9. The van der Waals surface area contributed by atoms with Crippen LogP contribution in [-0.2, 0) is 14.6 Å². The summed E-state index contributed by atoms with van der Waals surface area (Å²) in [5, 5.41) is 26.5. The Hall–Kier alpha value is -2.67. The Labute approximate surface area is 252 Å². The number of nitrogens with one attached hydrogen (secondary N) is 2. The number of carbonyl (C=O) groups excluding carboxylic acids is 2. The zero-order chi connectivity index (χ0) is 31.7. The van der Waals surface area contributed by atoms with E-state index in [0.29, 0.717) is 25.0 Å². The van der Waals surface area contributed by atoms with Crippen LogP contribution in [0.4, 0.5) is 18.9 Å². The van der Waals surface area contributed by atoms with Gasteiger partial charge in [0.2, 0.25) is 5.91 Å². The summed E-state index contributed by atoms with van der Waals surface area (Å²) >= 11 is 6.31. The number of sulfone groups is 1. The minimum Gasteiger partial charge on any atom is -0.391 e. The quantitative estimate of drug-likeness (QED) is 0.311. The second kappa shape index (κ2) is 10.7. The molecule has 234 valence electrons. The largest absolute Gasteiger partial charge is 0.391 e. The molecule has 3 saturated carbocycles. The summed E-state index contributed by atoms with van der Waals surface area (Å²) in [4.78, 5) is 24.8. The van der Waals surface area contributed by atoms with Crippen LogP contribution >= 0.6 is 11.6 Å². The van der Waals surface area contributed by atoms with Gasteiger partial charge in [-0.2, -0.15) is 0 Å². The minimum atomic E-state index is -4.11. The van der Waals surface area contributed by atoms with Crippen molar-refractivity contribution in [1.29, 1.82) is 0 Å². The maximum absolute atomic E-state index is 13.9. The Balaban J connectivity index is 1.33. The van der Waals surface area contributed by atoms with Crippen LogP contribution in [0.5, 0.6) is 0 Å². The molecule has 2 aromatic carbocycles.